The fourth-order valence-electron chi connectivity index (χ4n) is 2.01. The van der Waals surface area contributed by atoms with Gasteiger partial charge in [0, 0.05) is 5.41 Å². The van der Waals surface area contributed by atoms with Crippen LogP contribution in [0.3, 0.4) is 0 Å². The van der Waals surface area contributed by atoms with Crippen LogP contribution in [0.15, 0.2) is 47.7 Å². The molecule has 0 saturated heterocycles. The fraction of sp³-hybridized carbons (Fsp3) is 0.429. The van der Waals surface area contributed by atoms with Crippen LogP contribution in [-0.4, -0.2) is 8.07 Å². The molecule has 0 aromatic carbocycles. The molecule has 0 radical (unpaired) electrons. The lowest BCUT2D eigenvalue weighted by Crippen LogP contribution is -2.28. The molecule has 0 saturated carbocycles. The highest BCUT2D eigenvalue weighted by Crippen LogP contribution is 2.37. The van der Waals surface area contributed by atoms with Crippen LogP contribution in [0.5, 0.6) is 0 Å². The minimum atomic E-state index is -1.29. The first-order valence-electron chi connectivity index (χ1n) is 5.52. The Labute approximate surface area is 95.1 Å². The first kappa shape index (κ1) is 12.2. The standard InChI is InChI=1S/C14H22Si/c1-7-13(15(4,5)6)12-10-8-9-11-14(12,2)3/h7-11H,1H2,2-6H3/b13-12+. The van der Waals surface area contributed by atoms with Crippen LogP contribution in [0.4, 0.5) is 0 Å². The van der Waals surface area contributed by atoms with E-state index in [9.17, 15) is 0 Å². The van der Waals surface area contributed by atoms with Crippen molar-refractivity contribution in [2.24, 2.45) is 5.41 Å². The zero-order chi connectivity index (χ0) is 11.7. The molecular weight excluding hydrogens is 196 g/mol. The van der Waals surface area contributed by atoms with Gasteiger partial charge in [-0.15, -0.1) is 0 Å². The lowest BCUT2D eigenvalue weighted by atomic mass is 9.81. The number of allylic oxidation sites excluding steroid dienone is 7. The maximum Gasteiger partial charge on any atom is 0.0779 e. The SMILES string of the molecule is C=C/C(=C1/C=CC=CC1(C)C)[Si](C)(C)C. The summed E-state index contributed by atoms with van der Waals surface area (Å²) in [5, 5.41) is 1.48. The van der Waals surface area contributed by atoms with Gasteiger partial charge in [0.1, 0.15) is 0 Å². The molecule has 1 aliphatic carbocycles. The summed E-state index contributed by atoms with van der Waals surface area (Å²) in [7, 11) is -1.29. The van der Waals surface area contributed by atoms with Crippen molar-refractivity contribution in [3.8, 4) is 0 Å². The van der Waals surface area contributed by atoms with Crippen molar-refractivity contribution in [3.05, 3.63) is 47.7 Å². The molecule has 0 aliphatic heterocycles. The highest BCUT2D eigenvalue weighted by molar-refractivity contribution is 6.83. The average Bonchev–Trinajstić information content (AvgIpc) is 2.06. The zero-order valence-electron chi connectivity index (χ0n) is 10.6. The van der Waals surface area contributed by atoms with Gasteiger partial charge in [0.05, 0.1) is 8.07 Å². The Morgan fingerprint density at radius 3 is 2.27 bits per heavy atom. The molecule has 0 fully saturated rings. The van der Waals surface area contributed by atoms with Gasteiger partial charge in [0.15, 0.2) is 0 Å². The summed E-state index contributed by atoms with van der Waals surface area (Å²) in [6.45, 7) is 15.6. The highest BCUT2D eigenvalue weighted by Gasteiger charge is 2.28. The third kappa shape index (κ3) is 2.60. The average molecular weight is 218 g/mol. The van der Waals surface area contributed by atoms with Crippen LogP contribution in [0.1, 0.15) is 13.8 Å². The van der Waals surface area contributed by atoms with Crippen molar-refractivity contribution < 1.29 is 0 Å². The molecule has 82 valence electrons. The Morgan fingerprint density at radius 1 is 1.27 bits per heavy atom. The molecule has 0 N–H and O–H groups in total. The van der Waals surface area contributed by atoms with Gasteiger partial charge in [0.2, 0.25) is 0 Å². The Hall–Kier alpha value is -0.823. The van der Waals surface area contributed by atoms with Crippen LogP contribution < -0.4 is 0 Å². The lowest BCUT2D eigenvalue weighted by Gasteiger charge is -2.31. The summed E-state index contributed by atoms with van der Waals surface area (Å²) < 4.78 is 0. The molecule has 0 bridgehead atoms. The molecule has 0 heterocycles. The number of hydrogen-bond acceptors (Lipinski definition) is 0. The first-order chi connectivity index (χ1) is 6.79. The van der Waals surface area contributed by atoms with Crippen molar-refractivity contribution in [1.29, 1.82) is 0 Å². The number of rotatable bonds is 2. The van der Waals surface area contributed by atoms with Gasteiger partial charge in [-0.3, -0.25) is 0 Å². The molecule has 0 atom stereocenters. The second-order valence-electron chi connectivity index (χ2n) is 5.72. The van der Waals surface area contributed by atoms with Crippen LogP contribution in [-0.2, 0) is 0 Å². The summed E-state index contributed by atoms with van der Waals surface area (Å²) in [4.78, 5) is 0. The Balaban J connectivity index is 3.34. The molecule has 1 heteroatoms. The first-order valence-corrected chi connectivity index (χ1v) is 9.02. The van der Waals surface area contributed by atoms with Crippen LogP contribution >= 0.6 is 0 Å². The molecule has 0 amide bonds. The van der Waals surface area contributed by atoms with E-state index in [2.05, 4.69) is 70.4 Å². The van der Waals surface area contributed by atoms with Gasteiger partial charge >= 0.3 is 0 Å². The van der Waals surface area contributed by atoms with Gasteiger partial charge in [-0.1, -0.05) is 75.6 Å². The van der Waals surface area contributed by atoms with Crippen LogP contribution in [0.25, 0.3) is 0 Å². The predicted molar refractivity (Wildman–Crippen MR) is 72.6 cm³/mol. The lowest BCUT2D eigenvalue weighted by molar-refractivity contribution is 0.589. The van der Waals surface area contributed by atoms with Gasteiger partial charge in [-0.25, -0.2) is 0 Å². The van der Waals surface area contributed by atoms with Crippen molar-refractivity contribution >= 4 is 8.07 Å². The van der Waals surface area contributed by atoms with Gasteiger partial charge < -0.3 is 0 Å². The highest BCUT2D eigenvalue weighted by atomic mass is 28.3. The predicted octanol–water partition coefficient (Wildman–Crippen LogP) is 4.50. The quantitative estimate of drug-likeness (QED) is 0.599. The van der Waals surface area contributed by atoms with E-state index in [1.165, 1.54) is 10.8 Å². The van der Waals surface area contributed by atoms with Crippen molar-refractivity contribution in [1.82, 2.24) is 0 Å². The van der Waals surface area contributed by atoms with Crippen molar-refractivity contribution in [2.45, 2.75) is 33.5 Å². The minimum absolute atomic E-state index is 0.151. The van der Waals surface area contributed by atoms with Gasteiger partial charge in [0.25, 0.3) is 0 Å². The van der Waals surface area contributed by atoms with Crippen molar-refractivity contribution in [2.75, 3.05) is 0 Å². The van der Waals surface area contributed by atoms with Gasteiger partial charge in [-0.2, -0.15) is 0 Å². The molecule has 0 aromatic rings. The molecule has 1 rings (SSSR count). The topological polar surface area (TPSA) is 0 Å². The fourth-order valence-corrected chi connectivity index (χ4v) is 3.84. The normalized spacial score (nSPS) is 22.7. The summed E-state index contributed by atoms with van der Waals surface area (Å²) >= 11 is 0. The van der Waals surface area contributed by atoms with E-state index in [4.69, 9.17) is 0 Å². The summed E-state index contributed by atoms with van der Waals surface area (Å²) in [6, 6.07) is 0. The summed E-state index contributed by atoms with van der Waals surface area (Å²) in [5.74, 6) is 0. The zero-order valence-corrected chi connectivity index (χ0v) is 11.6. The van der Waals surface area contributed by atoms with E-state index in [1.54, 1.807) is 0 Å². The molecular formula is C14H22Si. The van der Waals surface area contributed by atoms with Crippen LogP contribution in [0.2, 0.25) is 19.6 Å². The molecule has 0 unspecified atom stereocenters. The van der Waals surface area contributed by atoms with E-state index >= 15 is 0 Å². The molecule has 0 nitrogen and oxygen atoms in total. The van der Waals surface area contributed by atoms with E-state index in [0.717, 1.165) is 0 Å². The largest absolute Gasteiger partial charge is 0.0992 e. The summed E-state index contributed by atoms with van der Waals surface area (Å²) in [6.07, 6.45) is 10.8. The molecule has 0 aromatic heterocycles. The minimum Gasteiger partial charge on any atom is -0.0992 e. The Kier molecular flexibility index (Phi) is 3.24. The second kappa shape index (κ2) is 3.97. The van der Waals surface area contributed by atoms with E-state index < -0.39 is 8.07 Å². The maximum atomic E-state index is 3.99. The maximum absolute atomic E-state index is 3.99. The second-order valence-corrected chi connectivity index (χ2v) is 10.8. The molecule has 15 heavy (non-hydrogen) atoms. The molecule has 1 aliphatic rings. The van der Waals surface area contributed by atoms with E-state index in [0.29, 0.717) is 0 Å². The molecule has 0 spiro atoms. The third-order valence-corrected chi connectivity index (χ3v) is 4.97. The Morgan fingerprint density at radius 2 is 1.87 bits per heavy atom. The Bertz CT molecular complexity index is 346. The van der Waals surface area contributed by atoms with E-state index in [1.807, 2.05) is 0 Å². The third-order valence-electron chi connectivity index (χ3n) is 2.88. The van der Waals surface area contributed by atoms with Gasteiger partial charge in [-0.05, 0) is 5.57 Å². The van der Waals surface area contributed by atoms with Crippen molar-refractivity contribution in [3.63, 3.8) is 0 Å². The number of hydrogen-bond donors (Lipinski definition) is 0. The van der Waals surface area contributed by atoms with E-state index in [-0.39, 0.29) is 5.41 Å². The smallest absolute Gasteiger partial charge is 0.0779 e. The summed E-state index contributed by atoms with van der Waals surface area (Å²) in [5.41, 5.74) is 1.60. The van der Waals surface area contributed by atoms with Crippen LogP contribution in [0, 0.1) is 5.41 Å². The monoisotopic (exact) mass is 218 g/mol.